The fraction of sp³-hybridized carbons (Fsp3) is 0.318. The molecule has 0 radical (unpaired) electrons. The minimum absolute atomic E-state index is 0.202. The highest BCUT2D eigenvalue weighted by Crippen LogP contribution is 2.19. The molecule has 0 aromatic heterocycles. The third-order valence-electron chi connectivity index (χ3n) is 4.41. The van der Waals surface area contributed by atoms with Gasteiger partial charge in [0, 0.05) is 5.69 Å². The lowest BCUT2D eigenvalue weighted by Gasteiger charge is -2.13. The van der Waals surface area contributed by atoms with Gasteiger partial charge in [0.05, 0.1) is 12.1 Å². The smallest absolute Gasteiger partial charge is 0.339 e. The largest absolute Gasteiger partial charge is 0.452 e. The molecule has 6 nitrogen and oxygen atoms in total. The standard InChI is InChI=1S/C22H26N2O4/c1-13-9-16(4)20(17(5)10-13)22(27)28-12-19(26)23-11-18(25)24-21-14(2)7-6-8-15(21)3/h6-10H,11-12H2,1-5H3,(H,23,26)(H,24,25). The monoisotopic (exact) mass is 382 g/mol. The van der Waals surface area contributed by atoms with Crippen LogP contribution in [-0.4, -0.2) is 30.9 Å². The summed E-state index contributed by atoms with van der Waals surface area (Å²) >= 11 is 0. The van der Waals surface area contributed by atoms with Gasteiger partial charge in [-0.2, -0.15) is 0 Å². The van der Waals surface area contributed by atoms with Gasteiger partial charge in [0.25, 0.3) is 5.91 Å². The fourth-order valence-electron chi connectivity index (χ4n) is 3.13. The van der Waals surface area contributed by atoms with Crippen molar-refractivity contribution in [3.05, 3.63) is 63.7 Å². The van der Waals surface area contributed by atoms with Gasteiger partial charge in [-0.1, -0.05) is 35.9 Å². The first-order chi connectivity index (χ1) is 13.2. The summed E-state index contributed by atoms with van der Waals surface area (Å²) in [5.41, 5.74) is 5.74. The Morgan fingerprint density at radius 2 is 1.43 bits per heavy atom. The molecule has 2 aromatic rings. The number of amides is 2. The normalized spacial score (nSPS) is 10.3. The van der Waals surface area contributed by atoms with Gasteiger partial charge in [0.15, 0.2) is 6.61 Å². The maximum absolute atomic E-state index is 12.3. The summed E-state index contributed by atoms with van der Waals surface area (Å²) < 4.78 is 5.10. The van der Waals surface area contributed by atoms with Crippen molar-refractivity contribution < 1.29 is 19.1 Å². The number of para-hydroxylation sites is 1. The third kappa shape index (κ3) is 5.42. The van der Waals surface area contributed by atoms with E-state index in [1.807, 2.05) is 65.0 Å². The van der Waals surface area contributed by atoms with Gasteiger partial charge in [-0.3, -0.25) is 9.59 Å². The van der Waals surface area contributed by atoms with Crippen molar-refractivity contribution in [2.24, 2.45) is 0 Å². The predicted octanol–water partition coefficient (Wildman–Crippen LogP) is 3.14. The summed E-state index contributed by atoms with van der Waals surface area (Å²) in [4.78, 5) is 36.3. The molecule has 0 heterocycles. The first-order valence-electron chi connectivity index (χ1n) is 9.06. The molecular weight excluding hydrogens is 356 g/mol. The maximum Gasteiger partial charge on any atom is 0.339 e. The van der Waals surface area contributed by atoms with Crippen LogP contribution in [0.2, 0.25) is 0 Å². The predicted molar refractivity (Wildman–Crippen MR) is 108 cm³/mol. The van der Waals surface area contributed by atoms with Crippen LogP contribution >= 0.6 is 0 Å². The number of hydrogen-bond acceptors (Lipinski definition) is 4. The molecule has 0 aliphatic carbocycles. The van der Waals surface area contributed by atoms with Crippen LogP contribution in [0.5, 0.6) is 0 Å². The number of esters is 1. The van der Waals surface area contributed by atoms with Gasteiger partial charge < -0.3 is 15.4 Å². The van der Waals surface area contributed by atoms with Crippen LogP contribution in [0, 0.1) is 34.6 Å². The number of anilines is 1. The van der Waals surface area contributed by atoms with E-state index in [0.29, 0.717) is 5.56 Å². The van der Waals surface area contributed by atoms with Crippen molar-refractivity contribution in [3.63, 3.8) is 0 Å². The Morgan fingerprint density at radius 3 is 2.00 bits per heavy atom. The molecule has 2 N–H and O–H groups in total. The highest BCUT2D eigenvalue weighted by molar-refractivity contribution is 5.97. The molecule has 0 saturated heterocycles. The van der Waals surface area contributed by atoms with E-state index in [0.717, 1.165) is 33.5 Å². The maximum atomic E-state index is 12.3. The first kappa shape index (κ1) is 21.2. The lowest BCUT2D eigenvalue weighted by Crippen LogP contribution is -2.35. The van der Waals surface area contributed by atoms with Crippen LogP contribution < -0.4 is 10.6 Å². The molecule has 6 heteroatoms. The number of hydrogen-bond donors (Lipinski definition) is 2. The molecule has 0 fully saturated rings. The molecule has 0 unspecified atom stereocenters. The third-order valence-corrected chi connectivity index (χ3v) is 4.41. The average Bonchev–Trinajstić information content (AvgIpc) is 2.60. The zero-order valence-corrected chi connectivity index (χ0v) is 16.9. The van der Waals surface area contributed by atoms with Gasteiger partial charge >= 0.3 is 5.97 Å². The zero-order chi connectivity index (χ0) is 20.8. The fourth-order valence-corrected chi connectivity index (χ4v) is 3.13. The number of aryl methyl sites for hydroxylation is 5. The Balaban J connectivity index is 1.84. The number of ether oxygens (including phenoxy) is 1. The molecular formula is C22H26N2O4. The van der Waals surface area contributed by atoms with Crippen molar-refractivity contribution in [2.45, 2.75) is 34.6 Å². The van der Waals surface area contributed by atoms with Gasteiger partial charge in [-0.05, 0) is 56.9 Å². The Morgan fingerprint density at radius 1 is 0.857 bits per heavy atom. The minimum atomic E-state index is -0.551. The second-order valence-corrected chi connectivity index (χ2v) is 6.94. The summed E-state index contributed by atoms with van der Waals surface area (Å²) in [7, 11) is 0. The molecule has 2 aromatic carbocycles. The summed E-state index contributed by atoms with van der Waals surface area (Å²) in [5, 5.41) is 5.24. The van der Waals surface area contributed by atoms with E-state index in [-0.39, 0.29) is 12.5 Å². The first-order valence-corrected chi connectivity index (χ1v) is 9.06. The number of benzene rings is 2. The van der Waals surface area contributed by atoms with E-state index in [9.17, 15) is 14.4 Å². The lowest BCUT2D eigenvalue weighted by molar-refractivity contribution is -0.126. The van der Waals surface area contributed by atoms with Crippen molar-refractivity contribution in [3.8, 4) is 0 Å². The van der Waals surface area contributed by atoms with E-state index >= 15 is 0 Å². The Hall–Kier alpha value is -3.15. The summed E-state index contributed by atoms with van der Waals surface area (Å²) in [6.07, 6.45) is 0. The number of carbonyl (C=O) groups is 3. The highest BCUT2D eigenvalue weighted by atomic mass is 16.5. The molecule has 0 saturated carbocycles. The summed E-state index contributed by atoms with van der Waals surface area (Å²) in [6.45, 7) is 8.76. The van der Waals surface area contributed by atoms with Crippen LogP contribution in [0.15, 0.2) is 30.3 Å². The molecule has 2 rings (SSSR count). The van der Waals surface area contributed by atoms with E-state index < -0.39 is 18.5 Å². The van der Waals surface area contributed by atoms with Gasteiger partial charge in [0.1, 0.15) is 0 Å². The van der Waals surface area contributed by atoms with E-state index in [2.05, 4.69) is 10.6 Å². The van der Waals surface area contributed by atoms with E-state index in [1.54, 1.807) is 0 Å². The Labute approximate surface area is 165 Å². The number of nitrogens with one attached hydrogen (secondary N) is 2. The molecule has 2 amide bonds. The topological polar surface area (TPSA) is 84.5 Å². The SMILES string of the molecule is Cc1cc(C)c(C(=O)OCC(=O)NCC(=O)Nc2c(C)cccc2C)c(C)c1. The quantitative estimate of drug-likeness (QED) is 0.752. The number of carbonyl (C=O) groups excluding carboxylic acids is 3. The second kappa shape index (κ2) is 9.17. The summed E-state index contributed by atoms with van der Waals surface area (Å²) in [5.74, 6) is -1.43. The highest BCUT2D eigenvalue weighted by Gasteiger charge is 2.16. The van der Waals surface area contributed by atoms with Gasteiger partial charge in [-0.15, -0.1) is 0 Å². The zero-order valence-electron chi connectivity index (χ0n) is 16.9. The van der Waals surface area contributed by atoms with Crippen LogP contribution in [0.25, 0.3) is 0 Å². The van der Waals surface area contributed by atoms with Gasteiger partial charge in [-0.25, -0.2) is 4.79 Å². The summed E-state index contributed by atoms with van der Waals surface area (Å²) in [6, 6.07) is 9.49. The Kier molecular flexibility index (Phi) is 6.93. The average molecular weight is 382 g/mol. The van der Waals surface area contributed by atoms with Gasteiger partial charge in [0.2, 0.25) is 5.91 Å². The van der Waals surface area contributed by atoms with E-state index in [4.69, 9.17) is 4.74 Å². The van der Waals surface area contributed by atoms with Crippen molar-refractivity contribution >= 4 is 23.5 Å². The van der Waals surface area contributed by atoms with Crippen LogP contribution in [-0.2, 0) is 14.3 Å². The van der Waals surface area contributed by atoms with Crippen molar-refractivity contribution in [1.29, 1.82) is 0 Å². The molecule has 0 aliphatic rings. The molecule has 0 aliphatic heterocycles. The number of rotatable bonds is 6. The lowest BCUT2D eigenvalue weighted by atomic mass is 10.00. The molecule has 0 atom stereocenters. The van der Waals surface area contributed by atoms with Crippen LogP contribution in [0.1, 0.15) is 38.2 Å². The molecule has 0 spiro atoms. The van der Waals surface area contributed by atoms with Crippen molar-refractivity contribution in [2.75, 3.05) is 18.5 Å². The second-order valence-electron chi connectivity index (χ2n) is 6.94. The molecule has 148 valence electrons. The van der Waals surface area contributed by atoms with Crippen LogP contribution in [0.4, 0.5) is 5.69 Å². The van der Waals surface area contributed by atoms with Crippen molar-refractivity contribution in [1.82, 2.24) is 5.32 Å². The molecule has 28 heavy (non-hydrogen) atoms. The minimum Gasteiger partial charge on any atom is -0.452 e. The molecule has 0 bridgehead atoms. The van der Waals surface area contributed by atoms with Crippen LogP contribution in [0.3, 0.4) is 0 Å². The Bertz CT molecular complexity index is 875. The van der Waals surface area contributed by atoms with E-state index in [1.165, 1.54) is 0 Å².